The first kappa shape index (κ1) is 9.31. The van der Waals surface area contributed by atoms with E-state index < -0.39 is 0 Å². The molecule has 0 saturated heterocycles. The highest BCUT2D eigenvalue weighted by atomic mass is 16.6. The maximum atomic E-state index is 5.85. The van der Waals surface area contributed by atoms with Gasteiger partial charge in [0, 0.05) is 11.8 Å². The molecule has 1 aromatic rings. The van der Waals surface area contributed by atoms with Gasteiger partial charge in [0.05, 0.1) is 0 Å². The third-order valence-corrected chi connectivity index (χ3v) is 2.27. The fourth-order valence-electron chi connectivity index (χ4n) is 1.50. The third kappa shape index (κ3) is 1.54. The number of nitrogens with zero attached hydrogens (tertiary/aromatic N) is 1. The van der Waals surface area contributed by atoms with Crippen LogP contribution in [-0.2, 0) is 6.42 Å². The van der Waals surface area contributed by atoms with E-state index in [1.807, 2.05) is 19.9 Å². The molecule has 0 saturated carbocycles. The number of rotatable bonds is 1. The Kier molecular flexibility index (Phi) is 2.10. The van der Waals surface area contributed by atoms with Crippen LogP contribution in [0.1, 0.15) is 26.3 Å². The first-order valence-corrected chi connectivity index (χ1v) is 4.92. The Balaban J connectivity index is 2.43. The summed E-state index contributed by atoms with van der Waals surface area (Å²) in [6, 6.07) is 1.98. The van der Waals surface area contributed by atoms with Crippen LogP contribution in [0, 0.1) is 0 Å². The van der Waals surface area contributed by atoms with Crippen LogP contribution in [0.4, 0.5) is 0 Å². The van der Waals surface area contributed by atoms with E-state index in [1.54, 1.807) is 6.20 Å². The highest BCUT2D eigenvalue weighted by molar-refractivity contribution is 5.43. The number of aromatic nitrogens is 1. The van der Waals surface area contributed by atoms with E-state index in [4.69, 9.17) is 9.47 Å². The van der Waals surface area contributed by atoms with Gasteiger partial charge in [-0.3, -0.25) is 0 Å². The molecule has 0 unspecified atom stereocenters. The molecule has 0 aliphatic carbocycles. The maximum absolute atomic E-state index is 5.85. The lowest BCUT2D eigenvalue weighted by Crippen LogP contribution is -2.39. The molecule has 0 atom stereocenters. The largest absolute Gasteiger partial charge is 0.478 e. The molecule has 0 amide bonds. The average Bonchev–Trinajstić information content (AvgIpc) is 2.15. The SMILES string of the molecule is CCc1ccnc2c1OC(C)(C)CO2. The Morgan fingerprint density at radius 1 is 1.50 bits per heavy atom. The lowest BCUT2D eigenvalue weighted by molar-refractivity contribution is 0.0167. The van der Waals surface area contributed by atoms with Crippen LogP contribution in [-0.4, -0.2) is 17.2 Å². The Labute approximate surface area is 84.1 Å². The van der Waals surface area contributed by atoms with Gasteiger partial charge >= 0.3 is 0 Å². The van der Waals surface area contributed by atoms with Crippen LogP contribution >= 0.6 is 0 Å². The van der Waals surface area contributed by atoms with E-state index in [0.29, 0.717) is 12.5 Å². The molecule has 3 nitrogen and oxygen atoms in total. The van der Waals surface area contributed by atoms with Crippen molar-refractivity contribution < 1.29 is 9.47 Å². The van der Waals surface area contributed by atoms with Crippen molar-refractivity contribution in [3.05, 3.63) is 17.8 Å². The second-order valence-electron chi connectivity index (χ2n) is 4.11. The Morgan fingerprint density at radius 2 is 2.29 bits per heavy atom. The fraction of sp³-hybridized carbons (Fsp3) is 0.545. The topological polar surface area (TPSA) is 31.4 Å². The first-order chi connectivity index (χ1) is 6.62. The van der Waals surface area contributed by atoms with Crippen molar-refractivity contribution in [1.29, 1.82) is 0 Å². The molecule has 0 N–H and O–H groups in total. The molecule has 1 aromatic heterocycles. The maximum Gasteiger partial charge on any atom is 0.257 e. The predicted octanol–water partition coefficient (Wildman–Crippen LogP) is 2.19. The summed E-state index contributed by atoms with van der Waals surface area (Å²) in [4.78, 5) is 4.15. The number of hydrogen-bond donors (Lipinski definition) is 0. The molecular formula is C11H15NO2. The van der Waals surface area contributed by atoms with Crippen LogP contribution in [0.3, 0.4) is 0 Å². The Hall–Kier alpha value is -1.25. The number of ether oxygens (including phenoxy) is 2. The number of aryl methyl sites for hydroxylation is 1. The molecule has 3 heteroatoms. The van der Waals surface area contributed by atoms with E-state index in [-0.39, 0.29) is 5.60 Å². The molecule has 76 valence electrons. The summed E-state index contributed by atoms with van der Waals surface area (Å²) < 4.78 is 11.4. The highest BCUT2D eigenvalue weighted by Gasteiger charge is 2.30. The molecule has 2 rings (SSSR count). The molecule has 1 aliphatic rings. The summed E-state index contributed by atoms with van der Waals surface area (Å²) >= 11 is 0. The zero-order valence-electron chi connectivity index (χ0n) is 8.83. The van der Waals surface area contributed by atoms with Crippen molar-refractivity contribution >= 4 is 0 Å². The lowest BCUT2D eigenvalue weighted by Gasteiger charge is -2.32. The van der Waals surface area contributed by atoms with Crippen LogP contribution in [0.5, 0.6) is 11.6 Å². The van der Waals surface area contributed by atoms with Gasteiger partial charge in [-0.15, -0.1) is 0 Å². The lowest BCUT2D eigenvalue weighted by atomic mass is 10.1. The molecule has 0 aromatic carbocycles. The van der Waals surface area contributed by atoms with Gasteiger partial charge in [-0.1, -0.05) is 6.92 Å². The highest BCUT2D eigenvalue weighted by Crippen LogP contribution is 2.36. The van der Waals surface area contributed by atoms with Crippen molar-refractivity contribution in [3.63, 3.8) is 0 Å². The van der Waals surface area contributed by atoms with Gasteiger partial charge in [0.15, 0.2) is 5.75 Å². The molecule has 0 fully saturated rings. The molecule has 14 heavy (non-hydrogen) atoms. The van der Waals surface area contributed by atoms with Gasteiger partial charge < -0.3 is 9.47 Å². The molecule has 1 aliphatic heterocycles. The zero-order valence-corrected chi connectivity index (χ0v) is 8.83. The second kappa shape index (κ2) is 3.15. The van der Waals surface area contributed by atoms with Crippen LogP contribution in [0.25, 0.3) is 0 Å². The number of fused-ring (bicyclic) bond motifs is 1. The summed E-state index contributed by atoms with van der Waals surface area (Å²) in [6.45, 7) is 6.69. The minimum Gasteiger partial charge on any atom is -0.478 e. The van der Waals surface area contributed by atoms with E-state index >= 15 is 0 Å². The number of pyridine rings is 1. The van der Waals surface area contributed by atoms with Gasteiger partial charge in [0.25, 0.3) is 5.88 Å². The average molecular weight is 193 g/mol. The second-order valence-corrected chi connectivity index (χ2v) is 4.11. The van der Waals surface area contributed by atoms with Gasteiger partial charge in [-0.05, 0) is 26.3 Å². The third-order valence-electron chi connectivity index (χ3n) is 2.27. The Morgan fingerprint density at radius 3 is 3.00 bits per heavy atom. The van der Waals surface area contributed by atoms with Crippen LogP contribution in [0.2, 0.25) is 0 Å². The van der Waals surface area contributed by atoms with Gasteiger partial charge in [-0.2, -0.15) is 0 Å². The van der Waals surface area contributed by atoms with E-state index in [0.717, 1.165) is 17.7 Å². The summed E-state index contributed by atoms with van der Waals surface area (Å²) in [7, 11) is 0. The number of hydrogen-bond acceptors (Lipinski definition) is 3. The summed E-state index contributed by atoms with van der Waals surface area (Å²) in [5.74, 6) is 1.44. The van der Waals surface area contributed by atoms with Crippen molar-refractivity contribution in [1.82, 2.24) is 4.98 Å². The van der Waals surface area contributed by atoms with E-state index in [2.05, 4.69) is 11.9 Å². The van der Waals surface area contributed by atoms with Gasteiger partial charge in [0.2, 0.25) is 0 Å². The van der Waals surface area contributed by atoms with Crippen LogP contribution < -0.4 is 9.47 Å². The summed E-state index contributed by atoms with van der Waals surface area (Å²) in [6.07, 6.45) is 2.70. The monoisotopic (exact) mass is 193 g/mol. The smallest absolute Gasteiger partial charge is 0.257 e. The molecule has 0 radical (unpaired) electrons. The van der Waals surface area contributed by atoms with E-state index in [1.165, 1.54) is 0 Å². The standard InChI is InChI=1S/C11H15NO2/c1-4-8-5-6-12-10-9(8)14-11(2,3)7-13-10/h5-6H,4,7H2,1-3H3. The minimum absolute atomic E-state index is 0.250. The molecular weight excluding hydrogens is 178 g/mol. The zero-order chi connectivity index (χ0) is 10.2. The van der Waals surface area contributed by atoms with Gasteiger partial charge in [-0.25, -0.2) is 4.98 Å². The predicted molar refractivity (Wildman–Crippen MR) is 53.8 cm³/mol. The molecule has 0 bridgehead atoms. The summed E-state index contributed by atoms with van der Waals surface area (Å²) in [5.41, 5.74) is 0.905. The van der Waals surface area contributed by atoms with Crippen molar-refractivity contribution in [2.75, 3.05) is 6.61 Å². The first-order valence-electron chi connectivity index (χ1n) is 4.92. The van der Waals surface area contributed by atoms with Crippen molar-refractivity contribution in [2.24, 2.45) is 0 Å². The van der Waals surface area contributed by atoms with Crippen LogP contribution in [0.15, 0.2) is 12.3 Å². The van der Waals surface area contributed by atoms with Crippen molar-refractivity contribution in [3.8, 4) is 11.6 Å². The fourth-order valence-corrected chi connectivity index (χ4v) is 1.50. The quantitative estimate of drug-likeness (QED) is 0.685. The van der Waals surface area contributed by atoms with Gasteiger partial charge in [0.1, 0.15) is 12.2 Å². The van der Waals surface area contributed by atoms with Crippen molar-refractivity contribution in [2.45, 2.75) is 32.8 Å². The Bertz CT molecular complexity index is 333. The van der Waals surface area contributed by atoms with E-state index in [9.17, 15) is 0 Å². The molecule has 0 spiro atoms. The molecule has 2 heterocycles. The normalized spacial score (nSPS) is 17.9. The summed E-state index contributed by atoms with van der Waals surface area (Å²) in [5, 5.41) is 0. The minimum atomic E-state index is -0.250.